The maximum absolute atomic E-state index is 12.8. The van der Waals surface area contributed by atoms with Gasteiger partial charge in [-0.05, 0) is 55.0 Å². The first-order valence-corrected chi connectivity index (χ1v) is 12.8. The van der Waals surface area contributed by atoms with Gasteiger partial charge in [-0.1, -0.05) is 41.9 Å². The number of carbonyl (C=O) groups excluding carboxylic acids is 1. The van der Waals surface area contributed by atoms with Crippen molar-refractivity contribution in [3.63, 3.8) is 0 Å². The van der Waals surface area contributed by atoms with Crippen molar-refractivity contribution in [1.29, 1.82) is 0 Å². The Morgan fingerprint density at radius 3 is 2.33 bits per heavy atom. The number of amides is 1. The second-order valence-electron chi connectivity index (χ2n) is 8.52. The summed E-state index contributed by atoms with van der Waals surface area (Å²) in [6.45, 7) is 2.49. The fourth-order valence-corrected chi connectivity index (χ4v) is 3.86. The topological polar surface area (TPSA) is 155 Å². The van der Waals surface area contributed by atoms with Crippen molar-refractivity contribution >= 4 is 35.1 Å². The number of halogens is 1. The van der Waals surface area contributed by atoms with Crippen LogP contribution in [-0.2, 0) is 6.61 Å². The van der Waals surface area contributed by atoms with E-state index in [1.807, 2.05) is 37.3 Å². The van der Waals surface area contributed by atoms with E-state index in [9.17, 15) is 25.0 Å². The number of ether oxygens (including phenoxy) is 3. The molecule has 12 nitrogen and oxygen atoms in total. The summed E-state index contributed by atoms with van der Waals surface area (Å²) in [5, 5.41) is 26.8. The van der Waals surface area contributed by atoms with Crippen molar-refractivity contribution in [3.05, 3.63) is 127 Å². The number of nitrogens with zero attached hydrogens (tertiary/aromatic N) is 3. The Morgan fingerprint density at radius 2 is 1.62 bits per heavy atom. The zero-order chi connectivity index (χ0) is 30.1. The van der Waals surface area contributed by atoms with Gasteiger partial charge in [0.05, 0.1) is 28.7 Å². The van der Waals surface area contributed by atoms with Crippen LogP contribution in [0.4, 0.5) is 11.4 Å². The van der Waals surface area contributed by atoms with E-state index < -0.39 is 27.1 Å². The molecule has 1 N–H and O–H groups in total. The maximum Gasteiger partial charge on any atom is 0.318 e. The first-order chi connectivity index (χ1) is 20.2. The molecule has 0 unspecified atom stereocenters. The van der Waals surface area contributed by atoms with Crippen molar-refractivity contribution in [3.8, 4) is 23.0 Å². The molecule has 1 amide bonds. The number of rotatable bonds is 12. The average molecular weight is 591 g/mol. The molecule has 13 heteroatoms. The molecule has 0 aliphatic heterocycles. The Balaban J connectivity index is 1.49. The highest BCUT2D eigenvalue weighted by atomic mass is 35.5. The third-order valence-corrected chi connectivity index (χ3v) is 5.89. The monoisotopic (exact) mass is 590 g/mol. The summed E-state index contributed by atoms with van der Waals surface area (Å²) in [6, 6.07) is 21.7. The van der Waals surface area contributed by atoms with E-state index in [1.54, 1.807) is 12.1 Å². The summed E-state index contributed by atoms with van der Waals surface area (Å²) >= 11 is 6.11. The lowest BCUT2D eigenvalue weighted by Crippen LogP contribution is -2.18. The molecule has 0 saturated carbocycles. The quantitative estimate of drug-likeness (QED) is 0.109. The molecule has 4 rings (SSSR count). The molecule has 0 radical (unpaired) electrons. The van der Waals surface area contributed by atoms with E-state index >= 15 is 0 Å². The van der Waals surface area contributed by atoms with Crippen LogP contribution in [0.15, 0.2) is 90.0 Å². The van der Waals surface area contributed by atoms with Gasteiger partial charge < -0.3 is 14.2 Å². The van der Waals surface area contributed by atoms with Gasteiger partial charge in [0.1, 0.15) is 12.4 Å². The van der Waals surface area contributed by atoms with Crippen molar-refractivity contribution < 1.29 is 28.9 Å². The summed E-state index contributed by atoms with van der Waals surface area (Å²) in [6.07, 6.45) is 1.25. The minimum atomic E-state index is -0.791. The predicted octanol–water partition coefficient (Wildman–Crippen LogP) is 6.69. The average Bonchev–Trinajstić information content (AvgIpc) is 2.98. The number of hydrogen-bond acceptors (Lipinski definition) is 9. The van der Waals surface area contributed by atoms with Crippen LogP contribution in [0, 0.1) is 20.2 Å². The highest BCUT2D eigenvalue weighted by Gasteiger charge is 2.22. The van der Waals surface area contributed by atoms with Crippen molar-refractivity contribution in [2.24, 2.45) is 5.10 Å². The lowest BCUT2D eigenvalue weighted by Gasteiger charge is -2.13. The van der Waals surface area contributed by atoms with Crippen molar-refractivity contribution in [2.75, 3.05) is 6.61 Å². The summed E-state index contributed by atoms with van der Waals surface area (Å²) in [7, 11) is 0. The Labute approximate surface area is 244 Å². The number of nitro groups is 2. The number of hydrazone groups is 1. The molecule has 214 valence electrons. The van der Waals surface area contributed by atoms with Crippen LogP contribution in [0.5, 0.6) is 23.0 Å². The molecule has 0 atom stereocenters. The first kappa shape index (κ1) is 29.5. The minimum absolute atomic E-state index is 0.105. The van der Waals surface area contributed by atoms with Crippen LogP contribution in [0.25, 0.3) is 0 Å². The Bertz CT molecular complexity index is 1650. The maximum atomic E-state index is 12.8. The smallest absolute Gasteiger partial charge is 0.318 e. The van der Waals surface area contributed by atoms with E-state index in [1.165, 1.54) is 30.5 Å². The molecule has 0 saturated heterocycles. The molecule has 0 aliphatic rings. The number of carbonyl (C=O) groups is 1. The fourth-order valence-electron chi connectivity index (χ4n) is 3.68. The van der Waals surface area contributed by atoms with Gasteiger partial charge in [-0.2, -0.15) is 5.10 Å². The highest BCUT2D eigenvalue weighted by molar-refractivity contribution is 6.30. The molecule has 0 heterocycles. The Kier molecular flexibility index (Phi) is 9.64. The number of nitro benzene ring substituents is 2. The van der Waals surface area contributed by atoms with Gasteiger partial charge in [-0.15, -0.1) is 0 Å². The van der Waals surface area contributed by atoms with Crippen LogP contribution in [0.1, 0.15) is 28.4 Å². The van der Waals surface area contributed by atoms with Gasteiger partial charge in [0.25, 0.3) is 11.6 Å². The lowest BCUT2D eigenvalue weighted by molar-refractivity contribution is -0.394. The summed E-state index contributed by atoms with van der Waals surface area (Å²) in [5.74, 6) is 0.192. The SMILES string of the molecule is CCOc1cc(C(=O)N/N=C/c2cc(Cl)ccc2Oc2ccc([N+](=O)[O-])cc2[N+](=O)[O-])ccc1OCc1ccccc1. The second-order valence-corrected chi connectivity index (χ2v) is 8.95. The van der Waals surface area contributed by atoms with Gasteiger partial charge in [-0.25, -0.2) is 5.43 Å². The third-order valence-electron chi connectivity index (χ3n) is 5.65. The van der Waals surface area contributed by atoms with Gasteiger partial charge in [0, 0.05) is 22.2 Å². The number of benzene rings is 4. The summed E-state index contributed by atoms with van der Waals surface area (Å²) < 4.78 is 17.2. The zero-order valence-corrected chi connectivity index (χ0v) is 22.8. The molecule has 0 aromatic heterocycles. The number of nitrogens with one attached hydrogen (secondary N) is 1. The highest BCUT2D eigenvalue weighted by Crippen LogP contribution is 2.36. The molecule has 0 fully saturated rings. The molecule has 4 aromatic carbocycles. The van der Waals surface area contributed by atoms with Gasteiger partial charge >= 0.3 is 5.69 Å². The predicted molar refractivity (Wildman–Crippen MR) is 155 cm³/mol. The molecule has 0 bridgehead atoms. The normalized spacial score (nSPS) is 10.7. The van der Waals surface area contributed by atoms with E-state index in [4.69, 9.17) is 25.8 Å². The summed E-state index contributed by atoms with van der Waals surface area (Å²) in [4.78, 5) is 33.8. The van der Waals surface area contributed by atoms with Crippen LogP contribution >= 0.6 is 11.6 Å². The van der Waals surface area contributed by atoms with Crippen LogP contribution < -0.4 is 19.6 Å². The van der Waals surface area contributed by atoms with E-state index in [0.29, 0.717) is 29.7 Å². The number of non-ortho nitro benzene ring substituents is 1. The van der Waals surface area contributed by atoms with E-state index in [-0.39, 0.29) is 22.6 Å². The second kappa shape index (κ2) is 13.7. The Hall–Kier alpha value is -5.49. The molecular weight excluding hydrogens is 568 g/mol. The summed E-state index contributed by atoms with van der Waals surface area (Å²) in [5.41, 5.74) is 2.85. The minimum Gasteiger partial charge on any atom is -0.490 e. The third kappa shape index (κ3) is 7.58. The van der Waals surface area contributed by atoms with E-state index in [0.717, 1.165) is 23.8 Å². The zero-order valence-electron chi connectivity index (χ0n) is 22.1. The first-order valence-electron chi connectivity index (χ1n) is 12.4. The standard InChI is InChI=1S/C29H23ClN4O8/c1-2-40-28-15-20(8-11-27(28)41-18-19-6-4-3-5-7-19)29(35)32-31-17-21-14-22(30)9-12-25(21)42-26-13-10-23(33(36)37)16-24(26)34(38)39/h3-17H,2,18H2,1H3,(H,32,35)/b31-17+. The van der Waals surface area contributed by atoms with Gasteiger partial charge in [0.15, 0.2) is 11.5 Å². The molecule has 0 aliphatic carbocycles. The van der Waals surface area contributed by atoms with Crippen LogP contribution in [0.3, 0.4) is 0 Å². The molecule has 0 spiro atoms. The van der Waals surface area contributed by atoms with Crippen molar-refractivity contribution in [1.82, 2.24) is 5.43 Å². The van der Waals surface area contributed by atoms with Crippen molar-refractivity contribution in [2.45, 2.75) is 13.5 Å². The Morgan fingerprint density at radius 1 is 0.881 bits per heavy atom. The van der Waals surface area contributed by atoms with Gasteiger partial charge in [-0.3, -0.25) is 25.0 Å². The van der Waals surface area contributed by atoms with E-state index in [2.05, 4.69) is 10.5 Å². The van der Waals surface area contributed by atoms with Crippen LogP contribution in [-0.4, -0.2) is 28.6 Å². The molecular formula is C29H23ClN4O8. The van der Waals surface area contributed by atoms with Crippen LogP contribution in [0.2, 0.25) is 5.02 Å². The molecule has 42 heavy (non-hydrogen) atoms. The van der Waals surface area contributed by atoms with Gasteiger partial charge in [0.2, 0.25) is 5.75 Å². The number of hydrogen-bond donors (Lipinski definition) is 1. The largest absolute Gasteiger partial charge is 0.490 e. The molecule has 4 aromatic rings. The fraction of sp³-hybridized carbons (Fsp3) is 0.103. The lowest BCUT2D eigenvalue weighted by atomic mass is 10.2.